The fraction of sp³-hybridized carbons (Fsp3) is 0.614. The van der Waals surface area contributed by atoms with Gasteiger partial charge in [0.2, 0.25) is 0 Å². The summed E-state index contributed by atoms with van der Waals surface area (Å²) in [5.41, 5.74) is 0. The van der Waals surface area contributed by atoms with E-state index in [1.807, 2.05) is 12.2 Å². The van der Waals surface area contributed by atoms with E-state index in [2.05, 4.69) is 118 Å². The van der Waals surface area contributed by atoms with Crippen molar-refractivity contribution in [2.75, 3.05) is 13.2 Å². The Labute approximate surface area is 415 Å². The molecule has 0 bridgehead atoms. The molecule has 6 atom stereocenters. The topological polar surface area (TPSA) is 175 Å². The van der Waals surface area contributed by atoms with Gasteiger partial charge >= 0.3 is 23.9 Å². The first kappa shape index (κ1) is 62.4. The van der Waals surface area contributed by atoms with Crippen LogP contribution in [0.4, 0.5) is 0 Å². The number of carbonyl (C=O) groups excluding carboxylic acids is 3. The molecule has 12 heteroatoms. The normalized spacial score (nSPS) is 19.6. The van der Waals surface area contributed by atoms with Crippen LogP contribution in [0.25, 0.3) is 0 Å². The van der Waals surface area contributed by atoms with Crippen LogP contribution in [0.2, 0.25) is 0 Å². The van der Waals surface area contributed by atoms with E-state index in [1.54, 1.807) is 0 Å². The summed E-state index contributed by atoms with van der Waals surface area (Å²) in [6.45, 7) is 5.55. The lowest BCUT2D eigenvalue weighted by molar-refractivity contribution is -0.301. The summed E-state index contributed by atoms with van der Waals surface area (Å²) in [6.07, 6.45) is 46.7. The average Bonchev–Trinajstić information content (AvgIpc) is 3.33. The fourth-order valence-corrected chi connectivity index (χ4v) is 6.90. The second-order valence-electron chi connectivity index (χ2n) is 17.0. The minimum Gasteiger partial charge on any atom is -0.479 e. The molecule has 0 saturated carbocycles. The lowest BCUT2D eigenvalue weighted by Crippen LogP contribution is -2.61. The maximum Gasteiger partial charge on any atom is 0.335 e. The molecule has 1 aliphatic heterocycles. The molecule has 1 aliphatic rings. The molecule has 1 rings (SSSR count). The zero-order valence-electron chi connectivity index (χ0n) is 42.3. The number of carboxylic acid groups (broad SMARTS) is 1. The Balaban J connectivity index is 2.82. The van der Waals surface area contributed by atoms with Gasteiger partial charge in [0, 0.05) is 19.3 Å². The highest BCUT2D eigenvalue weighted by atomic mass is 16.7. The van der Waals surface area contributed by atoms with Crippen LogP contribution in [0.3, 0.4) is 0 Å². The third-order valence-electron chi connectivity index (χ3n) is 10.8. The molecule has 0 aromatic heterocycles. The summed E-state index contributed by atoms with van der Waals surface area (Å²) < 4.78 is 28.1. The maximum absolute atomic E-state index is 13.0. The van der Waals surface area contributed by atoms with E-state index in [1.165, 1.54) is 0 Å². The van der Waals surface area contributed by atoms with Gasteiger partial charge in [-0.1, -0.05) is 162 Å². The van der Waals surface area contributed by atoms with Crippen molar-refractivity contribution < 1.29 is 58.2 Å². The van der Waals surface area contributed by atoms with E-state index < -0.39 is 67.3 Å². The predicted octanol–water partition coefficient (Wildman–Crippen LogP) is 12.3. The van der Waals surface area contributed by atoms with Crippen molar-refractivity contribution in [3.8, 4) is 0 Å². The smallest absolute Gasteiger partial charge is 0.335 e. The number of rotatable bonds is 41. The van der Waals surface area contributed by atoms with Crippen LogP contribution in [-0.2, 0) is 42.9 Å². The second-order valence-corrected chi connectivity index (χ2v) is 17.0. The Morgan fingerprint density at radius 2 is 0.942 bits per heavy atom. The van der Waals surface area contributed by atoms with Crippen molar-refractivity contribution >= 4 is 23.9 Å². The van der Waals surface area contributed by atoms with Gasteiger partial charge in [0.25, 0.3) is 0 Å². The monoisotopic (exact) mass is 965 g/mol. The van der Waals surface area contributed by atoms with Crippen molar-refractivity contribution in [2.45, 2.75) is 212 Å². The van der Waals surface area contributed by atoms with Crippen molar-refractivity contribution in [1.29, 1.82) is 0 Å². The molecule has 0 aromatic rings. The standard InChI is InChI=1S/C57H88O12/c1-4-7-10-13-16-19-22-25-28-31-34-37-40-43-49(58)65-46-48(67-50(59)44-41-38-35-32-29-26-23-20-17-14-11-8-5-2)47-66-57-55(53(62)52(61)54(69-57)56(63)64)68-51(60)45-42-39-36-33-30-27-24-21-18-15-12-9-6-3/h7-8,10-12,15-17,19-21,24-26,28-29,34,37,48,52-55,57,61-62H,4-6,9,13-14,18,22-23,27,30-33,35-36,38-47H2,1-3H3,(H,63,64)/b10-7-,11-8-,15-12-,19-16-,20-17-,24-21-,28-25-,29-26-,37-34-. The number of unbranched alkanes of at least 4 members (excludes halogenated alkanes) is 9. The van der Waals surface area contributed by atoms with Crippen LogP contribution < -0.4 is 0 Å². The molecule has 0 spiro atoms. The Morgan fingerprint density at radius 3 is 1.46 bits per heavy atom. The first-order chi connectivity index (χ1) is 33.6. The summed E-state index contributed by atoms with van der Waals surface area (Å²) in [6, 6.07) is 0. The molecule has 0 aromatic carbocycles. The van der Waals surface area contributed by atoms with Gasteiger partial charge in [-0.05, 0) is 103 Å². The molecule has 12 nitrogen and oxygen atoms in total. The average molecular weight is 965 g/mol. The summed E-state index contributed by atoms with van der Waals surface area (Å²) in [5, 5.41) is 31.3. The minimum atomic E-state index is -1.92. The Bertz CT molecular complexity index is 1620. The van der Waals surface area contributed by atoms with E-state index in [4.69, 9.17) is 23.7 Å². The first-order valence-electron chi connectivity index (χ1n) is 25.9. The van der Waals surface area contributed by atoms with Crippen LogP contribution in [0.1, 0.15) is 175 Å². The number of carbonyl (C=O) groups is 4. The number of aliphatic hydroxyl groups excluding tert-OH is 2. The summed E-state index contributed by atoms with van der Waals surface area (Å²) in [7, 11) is 0. The highest BCUT2D eigenvalue weighted by molar-refractivity contribution is 5.74. The van der Waals surface area contributed by atoms with Crippen LogP contribution in [0, 0.1) is 0 Å². The molecule has 0 amide bonds. The lowest BCUT2D eigenvalue weighted by Gasteiger charge is -2.40. The summed E-state index contributed by atoms with van der Waals surface area (Å²) in [5.74, 6) is -3.31. The van der Waals surface area contributed by atoms with Gasteiger partial charge in [0.1, 0.15) is 18.8 Å². The van der Waals surface area contributed by atoms with Gasteiger partial charge in [0.15, 0.2) is 24.6 Å². The van der Waals surface area contributed by atoms with Gasteiger partial charge in [-0.15, -0.1) is 0 Å². The molecule has 1 saturated heterocycles. The molecule has 1 fully saturated rings. The number of aliphatic carboxylic acids is 1. The van der Waals surface area contributed by atoms with Crippen molar-refractivity contribution in [3.05, 3.63) is 109 Å². The van der Waals surface area contributed by atoms with Gasteiger partial charge in [-0.25, -0.2) is 4.79 Å². The van der Waals surface area contributed by atoms with Crippen molar-refractivity contribution in [2.24, 2.45) is 0 Å². The zero-order chi connectivity index (χ0) is 50.4. The third kappa shape index (κ3) is 35.2. The van der Waals surface area contributed by atoms with E-state index >= 15 is 0 Å². The molecular weight excluding hydrogens is 877 g/mol. The lowest BCUT2D eigenvalue weighted by atomic mass is 9.98. The molecule has 388 valence electrons. The first-order valence-corrected chi connectivity index (χ1v) is 25.9. The Hall–Kier alpha value is -4.62. The number of hydrogen-bond donors (Lipinski definition) is 3. The molecule has 1 heterocycles. The Kier molecular flexibility index (Phi) is 40.3. The highest BCUT2D eigenvalue weighted by Crippen LogP contribution is 2.26. The largest absolute Gasteiger partial charge is 0.479 e. The molecule has 6 unspecified atom stereocenters. The number of hydrogen-bond acceptors (Lipinski definition) is 11. The number of aliphatic hydroxyl groups is 2. The molecule has 3 N–H and O–H groups in total. The van der Waals surface area contributed by atoms with Gasteiger partial charge in [0.05, 0.1) is 6.61 Å². The third-order valence-corrected chi connectivity index (χ3v) is 10.8. The second kappa shape index (κ2) is 44.6. The van der Waals surface area contributed by atoms with Crippen molar-refractivity contribution in [1.82, 2.24) is 0 Å². The minimum absolute atomic E-state index is 0.0281. The zero-order valence-corrected chi connectivity index (χ0v) is 42.3. The molecule has 69 heavy (non-hydrogen) atoms. The number of carboxylic acids is 1. The number of esters is 3. The molecular formula is C57H88O12. The van der Waals surface area contributed by atoms with E-state index in [-0.39, 0.29) is 25.9 Å². The van der Waals surface area contributed by atoms with Gasteiger partial charge in [-0.2, -0.15) is 0 Å². The number of ether oxygens (including phenoxy) is 5. The van der Waals surface area contributed by atoms with E-state index in [0.29, 0.717) is 19.3 Å². The van der Waals surface area contributed by atoms with Crippen molar-refractivity contribution in [3.63, 3.8) is 0 Å². The summed E-state index contributed by atoms with van der Waals surface area (Å²) >= 11 is 0. The van der Waals surface area contributed by atoms with Crippen LogP contribution >= 0.6 is 0 Å². The van der Waals surface area contributed by atoms with E-state index in [9.17, 15) is 34.5 Å². The predicted molar refractivity (Wildman–Crippen MR) is 275 cm³/mol. The van der Waals surface area contributed by atoms with Crippen LogP contribution in [0.5, 0.6) is 0 Å². The van der Waals surface area contributed by atoms with Gasteiger partial charge < -0.3 is 39.0 Å². The number of allylic oxidation sites excluding steroid dienone is 18. The van der Waals surface area contributed by atoms with Crippen LogP contribution in [-0.4, -0.2) is 89.2 Å². The van der Waals surface area contributed by atoms with E-state index in [0.717, 1.165) is 116 Å². The quantitative estimate of drug-likeness (QED) is 0.0229. The van der Waals surface area contributed by atoms with Crippen LogP contribution in [0.15, 0.2) is 109 Å². The maximum atomic E-state index is 13.0. The summed E-state index contributed by atoms with van der Waals surface area (Å²) in [4.78, 5) is 50.8. The SMILES string of the molecule is CC/C=C\C/C=C\C/C=C\C/C=C\CCC(=O)OCC(COC1OC(C(=O)O)C(O)C(O)C1OC(=O)CCCCCCC/C=C\C/C=C\CCC)OC(=O)CCCCC/C=C\C/C=C\C/C=C\CC. The van der Waals surface area contributed by atoms with Gasteiger partial charge in [-0.3, -0.25) is 14.4 Å². The fourth-order valence-electron chi connectivity index (χ4n) is 6.90. The molecule has 0 radical (unpaired) electrons. The molecule has 0 aliphatic carbocycles. The highest BCUT2D eigenvalue weighted by Gasteiger charge is 2.50. The Morgan fingerprint density at radius 1 is 0.493 bits per heavy atom.